The number of nitrogens with zero attached hydrogens (tertiary/aromatic N) is 3. The molecular formula is C26H23N3O4. The predicted octanol–water partition coefficient (Wildman–Crippen LogP) is 5.51. The van der Waals surface area contributed by atoms with Gasteiger partial charge >= 0.3 is 5.69 Å². The number of aryl methyl sites for hydroxylation is 1. The maximum absolute atomic E-state index is 12.7. The summed E-state index contributed by atoms with van der Waals surface area (Å²) in [5.74, 6) is 0.551. The third-order valence-corrected chi connectivity index (χ3v) is 5.61. The Kier molecular flexibility index (Phi) is 6.04. The maximum Gasteiger partial charge on any atom is 0.312 e. The van der Waals surface area contributed by atoms with Crippen LogP contribution < -0.4 is 4.74 Å². The number of hydrogen-bond donors (Lipinski definition) is 0. The van der Waals surface area contributed by atoms with Gasteiger partial charge in [0.1, 0.15) is 17.1 Å². The van der Waals surface area contributed by atoms with Gasteiger partial charge in [-0.25, -0.2) is 0 Å². The molecule has 3 aromatic carbocycles. The van der Waals surface area contributed by atoms with E-state index in [-0.39, 0.29) is 11.5 Å². The van der Waals surface area contributed by atoms with Gasteiger partial charge in [0.2, 0.25) is 0 Å². The van der Waals surface area contributed by atoms with E-state index in [2.05, 4.69) is 5.10 Å². The van der Waals surface area contributed by atoms with Crippen molar-refractivity contribution >= 4 is 28.3 Å². The topological polar surface area (TPSA) is 87.3 Å². The Hall–Kier alpha value is -4.26. The van der Waals surface area contributed by atoms with Gasteiger partial charge in [0.05, 0.1) is 18.6 Å². The first-order valence-corrected chi connectivity index (χ1v) is 10.4. The van der Waals surface area contributed by atoms with Gasteiger partial charge in [-0.1, -0.05) is 48.5 Å². The van der Waals surface area contributed by atoms with Gasteiger partial charge in [0.15, 0.2) is 5.78 Å². The Morgan fingerprint density at radius 2 is 1.85 bits per heavy atom. The molecule has 0 unspecified atom stereocenters. The van der Waals surface area contributed by atoms with Gasteiger partial charge in [0, 0.05) is 11.1 Å². The lowest BCUT2D eigenvalue weighted by Crippen LogP contribution is -2.06. The maximum atomic E-state index is 12.7. The molecule has 4 rings (SSSR count). The Bertz CT molecular complexity index is 1400. The summed E-state index contributed by atoms with van der Waals surface area (Å²) >= 11 is 0. The van der Waals surface area contributed by atoms with Gasteiger partial charge in [0.25, 0.3) is 0 Å². The average molecular weight is 441 g/mol. The van der Waals surface area contributed by atoms with Crippen LogP contribution in [0.2, 0.25) is 0 Å². The van der Waals surface area contributed by atoms with Gasteiger partial charge in [-0.3, -0.25) is 19.6 Å². The second-order valence-corrected chi connectivity index (χ2v) is 7.76. The summed E-state index contributed by atoms with van der Waals surface area (Å²) in [5.41, 5.74) is 3.11. The highest BCUT2D eigenvalue weighted by atomic mass is 16.6. The lowest BCUT2D eigenvalue weighted by Gasteiger charge is -2.11. The van der Waals surface area contributed by atoms with E-state index in [4.69, 9.17) is 4.74 Å². The number of rotatable bonds is 7. The molecule has 0 aliphatic carbocycles. The molecule has 4 aromatic rings. The minimum Gasteiger partial charge on any atom is -0.496 e. The quantitative estimate of drug-likeness (QED) is 0.163. The van der Waals surface area contributed by atoms with E-state index >= 15 is 0 Å². The standard InChI is InChI=1S/C26H23N3O4/c1-17-26(29(31)32)18(2)28(27-17)16-23-14-19(9-13-25(23)33-3)8-12-24(30)22-11-10-20-6-4-5-7-21(20)15-22/h4-15H,16H2,1-3H3/b12-8+. The molecule has 33 heavy (non-hydrogen) atoms. The predicted molar refractivity (Wildman–Crippen MR) is 128 cm³/mol. The molecule has 0 aliphatic rings. The first-order chi connectivity index (χ1) is 15.9. The first-order valence-electron chi connectivity index (χ1n) is 10.4. The van der Waals surface area contributed by atoms with Gasteiger partial charge < -0.3 is 4.74 Å². The summed E-state index contributed by atoms with van der Waals surface area (Å²) in [6, 6.07) is 19.1. The molecule has 0 aliphatic heterocycles. The summed E-state index contributed by atoms with van der Waals surface area (Å²) in [6.07, 6.45) is 3.30. The number of ketones is 1. The largest absolute Gasteiger partial charge is 0.496 e. The smallest absolute Gasteiger partial charge is 0.312 e. The number of fused-ring (bicyclic) bond motifs is 1. The molecule has 1 heterocycles. The van der Waals surface area contributed by atoms with E-state index in [0.717, 1.165) is 21.9 Å². The van der Waals surface area contributed by atoms with Gasteiger partial charge in [-0.15, -0.1) is 0 Å². The van der Waals surface area contributed by atoms with E-state index in [9.17, 15) is 14.9 Å². The molecule has 1 aromatic heterocycles. The molecule has 0 atom stereocenters. The van der Waals surface area contributed by atoms with E-state index in [1.807, 2.05) is 60.7 Å². The van der Waals surface area contributed by atoms with Crippen molar-refractivity contribution in [2.24, 2.45) is 0 Å². The summed E-state index contributed by atoms with van der Waals surface area (Å²) in [4.78, 5) is 23.6. The van der Waals surface area contributed by atoms with Crippen LogP contribution in [-0.4, -0.2) is 27.6 Å². The van der Waals surface area contributed by atoms with Gasteiger partial charge in [-0.2, -0.15) is 5.10 Å². The zero-order valence-corrected chi connectivity index (χ0v) is 18.6. The van der Waals surface area contributed by atoms with Crippen molar-refractivity contribution in [3.63, 3.8) is 0 Å². The van der Waals surface area contributed by atoms with Crippen molar-refractivity contribution in [2.45, 2.75) is 20.4 Å². The number of benzene rings is 3. The van der Waals surface area contributed by atoms with Crippen LogP contribution in [0.15, 0.2) is 66.7 Å². The molecule has 0 N–H and O–H groups in total. The van der Waals surface area contributed by atoms with Gasteiger partial charge in [-0.05, 0) is 54.5 Å². The van der Waals surface area contributed by atoms with Crippen LogP contribution in [0.3, 0.4) is 0 Å². The normalized spacial score (nSPS) is 11.2. The fraction of sp³-hybridized carbons (Fsp3) is 0.154. The molecule has 0 saturated carbocycles. The van der Waals surface area contributed by atoms with Crippen LogP contribution in [0.5, 0.6) is 5.75 Å². The van der Waals surface area contributed by atoms with Crippen LogP contribution in [-0.2, 0) is 6.54 Å². The highest BCUT2D eigenvalue weighted by Gasteiger charge is 2.22. The molecule has 0 spiro atoms. The fourth-order valence-electron chi connectivity index (χ4n) is 3.90. The molecule has 0 fully saturated rings. The zero-order valence-electron chi connectivity index (χ0n) is 18.6. The fourth-order valence-corrected chi connectivity index (χ4v) is 3.90. The van der Waals surface area contributed by atoms with Crippen molar-refractivity contribution in [1.82, 2.24) is 9.78 Å². The first kappa shape index (κ1) is 22.0. The summed E-state index contributed by atoms with van der Waals surface area (Å²) in [7, 11) is 1.57. The van der Waals surface area contributed by atoms with Crippen molar-refractivity contribution < 1.29 is 14.5 Å². The lowest BCUT2D eigenvalue weighted by atomic mass is 10.0. The Morgan fingerprint density at radius 3 is 2.55 bits per heavy atom. The minimum atomic E-state index is -0.414. The number of allylic oxidation sites excluding steroid dienone is 1. The molecule has 7 nitrogen and oxygen atoms in total. The minimum absolute atomic E-state index is 0.0194. The lowest BCUT2D eigenvalue weighted by molar-refractivity contribution is -0.386. The summed E-state index contributed by atoms with van der Waals surface area (Å²) in [5, 5.41) is 17.7. The number of hydrogen-bond acceptors (Lipinski definition) is 5. The number of carbonyl (C=O) groups is 1. The van der Waals surface area contributed by atoms with E-state index in [0.29, 0.717) is 29.2 Å². The van der Waals surface area contributed by atoms with Crippen molar-refractivity contribution in [3.8, 4) is 5.75 Å². The Labute approximate surface area is 191 Å². The molecule has 0 bridgehead atoms. The molecular weight excluding hydrogens is 418 g/mol. The molecule has 0 amide bonds. The second kappa shape index (κ2) is 9.08. The molecule has 0 radical (unpaired) electrons. The molecule has 166 valence electrons. The zero-order chi connectivity index (χ0) is 23.5. The SMILES string of the molecule is COc1ccc(/C=C/C(=O)c2ccc3ccccc3c2)cc1Cn1nc(C)c([N+](=O)[O-])c1C. The number of aromatic nitrogens is 2. The van der Waals surface area contributed by atoms with E-state index < -0.39 is 4.92 Å². The van der Waals surface area contributed by atoms with Crippen LogP contribution in [0.1, 0.15) is 32.9 Å². The Morgan fingerprint density at radius 1 is 1.09 bits per heavy atom. The number of methoxy groups -OCH3 is 1. The van der Waals surface area contributed by atoms with Crippen molar-refractivity contribution in [1.29, 1.82) is 0 Å². The van der Waals surface area contributed by atoms with Crippen LogP contribution in [0.25, 0.3) is 16.8 Å². The van der Waals surface area contributed by atoms with E-state index in [1.165, 1.54) is 0 Å². The third kappa shape index (κ3) is 4.52. The summed E-state index contributed by atoms with van der Waals surface area (Å²) in [6.45, 7) is 3.61. The average Bonchev–Trinajstić information content (AvgIpc) is 3.09. The summed E-state index contributed by atoms with van der Waals surface area (Å²) < 4.78 is 7.06. The Balaban J connectivity index is 1.59. The number of ether oxygens (including phenoxy) is 1. The van der Waals surface area contributed by atoms with Crippen LogP contribution in [0, 0.1) is 24.0 Å². The second-order valence-electron chi connectivity index (χ2n) is 7.76. The highest BCUT2D eigenvalue weighted by molar-refractivity contribution is 6.08. The molecule has 7 heteroatoms. The van der Waals surface area contributed by atoms with Crippen molar-refractivity contribution in [3.05, 3.63) is 105 Å². The van der Waals surface area contributed by atoms with E-state index in [1.54, 1.807) is 37.8 Å². The van der Waals surface area contributed by atoms with Crippen LogP contribution >= 0.6 is 0 Å². The number of carbonyl (C=O) groups excluding carboxylic acids is 1. The van der Waals surface area contributed by atoms with Crippen molar-refractivity contribution in [2.75, 3.05) is 7.11 Å². The highest BCUT2D eigenvalue weighted by Crippen LogP contribution is 2.26. The monoisotopic (exact) mass is 441 g/mol. The molecule has 0 saturated heterocycles. The third-order valence-electron chi connectivity index (χ3n) is 5.61. The van der Waals surface area contributed by atoms with Crippen LogP contribution in [0.4, 0.5) is 5.69 Å². The number of nitro groups is 1.